The van der Waals surface area contributed by atoms with Gasteiger partial charge in [-0.1, -0.05) is 79.7 Å². The van der Waals surface area contributed by atoms with E-state index in [0.717, 1.165) is 23.1 Å². The number of hydrogen-bond acceptors (Lipinski definition) is 5. The summed E-state index contributed by atoms with van der Waals surface area (Å²) >= 11 is 0. The number of fused-ring (bicyclic) bond motifs is 9. The minimum Gasteiger partial charge on any atom is -0.265 e. The molecular formula is C39H27N5. The van der Waals surface area contributed by atoms with E-state index in [9.17, 15) is 0 Å². The minimum absolute atomic E-state index is 0.359. The molecule has 0 fully saturated rings. The normalized spacial score (nSPS) is 19.1. The van der Waals surface area contributed by atoms with Crippen LogP contribution in [0.3, 0.4) is 0 Å². The lowest BCUT2D eigenvalue weighted by Gasteiger charge is -2.34. The number of aromatic nitrogens is 5. The molecule has 2 unspecified atom stereocenters. The molecule has 1 spiro atoms. The Morgan fingerprint density at radius 3 is 1.77 bits per heavy atom. The maximum atomic E-state index is 5.04. The van der Waals surface area contributed by atoms with Gasteiger partial charge in [-0.25, -0.2) is 15.0 Å². The van der Waals surface area contributed by atoms with E-state index in [-0.39, 0.29) is 5.41 Å². The number of rotatable bonds is 3. The van der Waals surface area contributed by atoms with Gasteiger partial charge in [0.15, 0.2) is 17.5 Å². The van der Waals surface area contributed by atoms with Gasteiger partial charge in [-0.15, -0.1) is 0 Å². The van der Waals surface area contributed by atoms with Crippen molar-refractivity contribution in [3.05, 3.63) is 156 Å². The molecule has 3 aliphatic rings. The molecular weight excluding hydrogens is 538 g/mol. The van der Waals surface area contributed by atoms with Gasteiger partial charge in [0.2, 0.25) is 0 Å². The van der Waals surface area contributed by atoms with Crippen LogP contribution in [0.4, 0.5) is 0 Å². The Hall–Kier alpha value is -5.55. The van der Waals surface area contributed by atoms with Gasteiger partial charge in [-0.3, -0.25) is 9.97 Å². The highest BCUT2D eigenvalue weighted by molar-refractivity contribution is 5.97. The van der Waals surface area contributed by atoms with Crippen LogP contribution in [0.15, 0.2) is 134 Å². The highest BCUT2D eigenvalue weighted by Gasteiger charge is 2.53. The molecule has 0 amide bonds. The smallest absolute Gasteiger partial charge is 0.164 e. The summed E-state index contributed by atoms with van der Waals surface area (Å²) in [6.07, 6.45) is 12.8. The fourth-order valence-corrected chi connectivity index (χ4v) is 7.48. The van der Waals surface area contributed by atoms with Crippen LogP contribution in [0.5, 0.6) is 0 Å². The number of benzene rings is 3. The number of pyridine rings is 2. The third kappa shape index (κ3) is 3.50. The van der Waals surface area contributed by atoms with Crippen LogP contribution >= 0.6 is 0 Å². The highest BCUT2D eigenvalue weighted by Crippen LogP contribution is 2.64. The molecule has 3 aromatic carbocycles. The van der Waals surface area contributed by atoms with Gasteiger partial charge in [-0.05, 0) is 87.2 Å². The zero-order valence-corrected chi connectivity index (χ0v) is 24.1. The Labute approximate surface area is 255 Å². The first kappa shape index (κ1) is 25.0. The monoisotopic (exact) mass is 565 g/mol. The summed E-state index contributed by atoms with van der Waals surface area (Å²) in [7, 11) is 0. The fraction of sp³-hybridized carbons (Fsp3) is 0.103. The summed E-state index contributed by atoms with van der Waals surface area (Å²) in [4.78, 5) is 23.4. The molecule has 208 valence electrons. The van der Waals surface area contributed by atoms with Gasteiger partial charge < -0.3 is 0 Å². The molecule has 0 radical (unpaired) electrons. The predicted molar refractivity (Wildman–Crippen MR) is 173 cm³/mol. The van der Waals surface area contributed by atoms with E-state index in [4.69, 9.17) is 15.0 Å². The van der Waals surface area contributed by atoms with Crippen LogP contribution in [-0.4, -0.2) is 24.9 Å². The highest BCUT2D eigenvalue weighted by atomic mass is 15.0. The molecule has 9 rings (SSSR count). The van der Waals surface area contributed by atoms with Gasteiger partial charge in [0.1, 0.15) is 0 Å². The van der Waals surface area contributed by atoms with E-state index >= 15 is 0 Å². The molecule has 0 saturated carbocycles. The van der Waals surface area contributed by atoms with Gasteiger partial charge >= 0.3 is 0 Å². The minimum atomic E-state index is -0.359. The van der Waals surface area contributed by atoms with Gasteiger partial charge in [0, 0.05) is 41.5 Å². The first-order valence-electron chi connectivity index (χ1n) is 15.0. The standard InChI is InChI=1S/C39H27N5/c1-24-10-12-30-28-6-2-4-8-32(28)39(34(30)22-24)33-9-5-3-7-29(33)31-13-11-27(23-35(31)39)38-43-36(25-14-18-40-19-15-25)42-37(44-38)26-16-20-41-21-17-26/h2-21,23-24H,22H2,1H3. The molecule has 3 aromatic heterocycles. The van der Waals surface area contributed by atoms with Crippen molar-refractivity contribution >= 4 is 5.57 Å². The van der Waals surface area contributed by atoms with Crippen molar-refractivity contribution < 1.29 is 0 Å². The fourth-order valence-electron chi connectivity index (χ4n) is 7.48. The second kappa shape index (κ2) is 9.48. The lowest BCUT2D eigenvalue weighted by atomic mass is 9.67. The van der Waals surface area contributed by atoms with Crippen molar-refractivity contribution in [2.75, 3.05) is 0 Å². The van der Waals surface area contributed by atoms with Crippen LogP contribution < -0.4 is 0 Å². The van der Waals surface area contributed by atoms with Crippen LogP contribution in [0.1, 0.15) is 35.6 Å². The summed E-state index contributed by atoms with van der Waals surface area (Å²) in [6, 6.07) is 32.4. The molecule has 0 N–H and O–H groups in total. The van der Waals surface area contributed by atoms with Crippen LogP contribution in [0.2, 0.25) is 0 Å². The summed E-state index contributed by atoms with van der Waals surface area (Å²) in [5.41, 5.74) is 13.2. The zero-order valence-electron chi connectivity index (χ0n) is 24.1. The summed E-state index contributed by atoms with van der Waals surface area (Å²) in [5.74, 6) is 2.34. The molecule has 2 atom stereocenters. The second-order valence-corrected chi connectivity index (χ2v) is 11.8. The Morgan fingerprint density at radius 2 is 1.11 bits per heavy atom. The van der Waals surface area contributed by atoms with Gasteiger partial charge in [0.05, 0.1) is 5.41 Å². The third-order valence-electron chi connectivity index (χ3n) is 9.33. The molecule has 44 heavy (non-hydrogen) atoms. The SMILES string of the molecule is CC1C=CC2=C(C1)C1(c3ccccc32)c2ccccc2-c2ccc(-c3nc(-c4ccncc4)nc(-c4ccncc4)n3)cc21. The lowest BCUT2D eigenvalue weighted by molar-refractivity contribution is 0.630. The summed E-state index contributed by atoms with van der Waals surface area (Å²) in [5, 5.41) is 0. The number of hydrogen-bond donors (Lipinski definition) is 0. The molecule has 5 nitrogen and oxygen atoms in total. The van der Waals surface area contributed by atoms with Gasteiger partial charge in [-0.2, -0.15) is 0 Å². The first-order valence-corrected chi connectivity index (χ1v) is 15.0. The van der Waals surface area contributed by atoms with Crippen LogP contribution in [0, 0.1) is 5.92 Å². The maximum absolute atomic E-state index is 5.04. The van der Waals surface area contributed by atoms with E-state index in [1.54, 1.807) is 24.8 Å². The molecule has 0 saturated heterocycles. The van der Waals surface area contributed by atoms with Crippen molar-refractivity contribution in [3.8, 4) is 45.3 Å². The van der Waals surface area contributed by atoms with Crippen molar-refractivity contribution in [1.82, 2.24) is 24.9 Å². The lowest BCUT2D eigenvalue weighted by Crippen LogP contribution is -2.28. The number of allylic oxidation sites excluding steroid dienone is 4. The zero-order chi connectivity index (χ0) is 29.3. The Kier molecular flexibility index (Phi) is 5.38. The third-order valence-corrected chi connectivity index (χ3v) is 9.33. The van der Waals surface area contributed by atoms with Gasteiger partial charge in [0.25, 0.3) is 0 Å². The molecule has 0 aliphatic heterocycles. The first-order chi connectivity index (χ1) is 21.7. The largest absolute Gasteiger partial charge is 0.265 e. The maximum Gasteiger partial charge on any atom is 0.164 e. The van der Waals surface area contributed by atoms with E-state index in [1.165, 1.54) is 44.5 Å². The quantitative estimate of drug-likeness (QED) is 0.216. The average molecular weight is 566 g/mol. The summed E-state index contributed by atoms with van der Waals surface area (Å²) < 4.78 is 0. The Balaban J connectivity index is 1.31. The average Bonchev–Trinajstić information content (AvgIpc) is 3.55. The van der Waals surface area contributed by atoms with E-state index in [2.05, 4.69) is 95.8 Å². The van der Waals surface area contributed by atoms with Crippen molar-refractivity contribution in [3.63, 3.8) is 0 Å². The second-order valence-electron chi connectivity index (χ2n) is 11.8. The molecule has 0 bridgehead atoms. The van der Waals surface area contributed by atoms with Crippen LogP contribution in [0.25, 0.3) is 50.9 Å². The predicted octanol–water partition coefficient (Wildman–Crippen LogP) is 8.34. The van der Waals surface area contributed by atoms with Crippen LogP contribution in [-0.2, 0) is 5.41 Å². The molecule has 3 heterocycles. The van der Waals surface area contributed by atoms with Crippen molar-refractivity contribution in [2.45, 2.75) is 18.8 Å². The van der Waals surface area contributed by atoms with Crippen molar-refractivity contribution in [2.24, 2.45) is 5.92 Å². The number of nitrogens with zero attached hydrogens (tertiary/aromatic N) is 5. The Bertz CT molecular complexity index is 2110. The topological polar surface area (TPSA) is 64.5 Å². The summed E-state index contributed by atoms with van der Waals surface area (Å²) in [6.45, 7) is 2.32. The molecule has 5 heteroatoms. The molecule has 3 aliphatic carbocycles. The van der Waals surface area contributed by atoms with E-state index in [1.807, 2.05) is 24.3 Å². The van der Waals surface area contributed by atoms with Crippen molar-refractivity contribution in [1.29, 1.82) is 0 Å². The van der Waals surface area contributed by atoms with E-state index < -0.39 is 0 Å². The molecule has 6 aromatic rings. The van der Waals surface area contributed by atoms with E-state index in [0.29, 0.717) is 23.4 Å². The Morgan fingerprint density at radius 1 is 0.568 bits per heavy atom.